The first-order valence-electron chi connectivity index (χ1n) is 8.85. The van der Waals surface area contributed by atoms with Crippen LogP contribution in [-0.4, -0.2) is 29.8 Å². The van der Waals surface area contributed by atoms with Crippen molar-refractivity contribution in [2.45, 2.75) is 26.3 Å². The first kappa shape index (κ1) is 17.2. The highest BCUT2D eigenvalue weighted by Crippen LogP contribution is 2.18. The number of benzene rings is 2. The second-order valence-corrected chi connectivity index (χ2v) is 6.74. The second kappa shape index (κ2) is 7.97. The van der Waals surface area contributed by atoms with Crippen molar-refractivity contribution in [1.82, 2.24) is 10.2 Å². The molecule has 0 aliphatic carbocycles. The largest absolute Gasteiger partial charge is 0.348 e. The molecule has 2 amide bonds. The molecule has 4 nitrogen and oxygen atoms in total. The lowest BCUT2D eigenvalue weighted by Crippen LogP contribution is -2.39. The van der Waals surface area contributed by atoms with Crippen molar-refractivity contribution >= 4 is 11.8 Å². The molecular formula is C21H24N2O2. The summed E-state index contributed by atoms with van der Waals surface area (Å²) in [6.07, 6.45) is 2.25. The second-order valence-electron chi connectivity index (χ2n) is 6.74. The number of carbonyl (C=O) groups is 2. The van der Waals surface area contributed by atoms with Gasteiger partial charge in [0.25, 0.3) is 11.8 Å². The molecule has 130 valence electrons. The summed E-state index contributed by atoms with van der Waals surface area (Å²) in [4.78, 5) is 26.7. The molecule has 0 saturated carbocycles. The van der Waals surface area contributed by atoms with E-state index in [0.717, 1.165) is 25.1 Å². The topological polar surface area (TPSA) is 49.4 Å². The minimum atomic E-state index is -0.130. The number of carbonyl (C=O) groups excluding carboxylic acids is 2. The Bertz CT molecular complexity index is 725. The SMILES string of the molecule is CC1CCCN(C(=O)c2ccc(C(=O)NCc3ccccc3)cc2)C1. The zero-order valence-electron chi connectivity index (χ0n) is 14.6. The average Bonchev–Trinajstić information content (AvgIpc) is 2.66. The molecule has 1 fully saturated rings. The fraction of sp³-hybridized carbons (Fsp3) is 0.333. The Kier molecular flexibility index (Phi) is 5.49. The minimum Gasteiger partial charge on any atom is -0.348 e. The standard InChI is InChI=1S/C21H24N2O2/c1-16-6-5-13-23(15-16)21(25)19-11-9-18(10-12-19)20(24)22-14-17-7-3-2-4-8-17/h2-4,7-12,16H,5-6,13-15H2,1H3,(H,22,24). The van der Waals surface area contributed by atoms with Gasteiger partial charge in [0, 0.05) is 30.8 Å². The maximum Gasteiger partial charge on any atom is 0.253 e. The van der Waals surface area contributed by atoms with Gasteiger partial charge in [0.2, 0.25) is 0 Å². The molecule has 4 heteroatoms. The summed E-state index contributed by atoms with van der Waals surface area (Å²) in [6, 6.07) is 16.7. The molecule has 1 saturated heterocycles. The van der Waals surface area contributed by atoms with Crippen LogP contribution in [-0.2, 0) is 6.54 Å². The van der Waals surface area contributed by atoms with E-state index in [-0.39, 0.29) is 11.8 Å². The van der Waals surface area contributed by atoms with Crippen LogP contribution >= 0.6 is 0 Å². The van der Waals surface area contributed by atoms with Crippen LogP contribution in [0.4, 0.5) is 0 Å². The number of amides is 2. The van der Waals surface area contributed by atoms with E-state index < -0.39 is 0 Å². The molecule has 2 aromatic rings. The van der Waals surface area contributed by atoms with Gasteiger partial charge in [-0.05, 0) is 48.6 Å². The molecule has 0 spiro atoms. The molecule has 1 N–H and O–H groups in total. The molecule has 25 heavy (non-hydrogen) atoms. The van der Waals surface area contributed by atoms with Gasteiger partial charge in [-0.25, -0.2) is 0 Å². The number of likely N-dealkylation sites (tertiary alicyclic amines) is 1. The molecule has 1 aliphatic heterocycles. The highest BCUT2D eigenvalue weighted by atomic mass is 16.2. The van der Waals surface area contributed by atoms with Gasteiger partial charge in [0.15, 0.2) is 0 Å². The Morgan fingerprint density at radius 2 is 1.72 bits per heavy atom. The van der Waals surface area contributed by atoms with E-state index in [1.807, 2.05) is 35.2 Å². The van der Waals surface area contributed by atoms with Gasteiger partial charge in [-0.3, -0.25) is 9.59 Å². The van der Waals surface area contributed by atoms with E-state index in [1.165, 1.54) is 6.42 Å². The summed E-state index contributed by atoms with van der Waals surface area (Å²) >= 11 is 0. The lowest BCUT2D eigenvalue weighted by molar-refractivity contribution is 0.0682. The van der Waals surface area contributed by atoms with Gasteiger partial charge in [0.1, 0.15) is 0 Å². The number of piperidine rings is 1. The molecule has 1 unspecified atom stereocenters. The number of nitrogens with zero attached hydrogens (tertiary/aromatic N) is 1. The van der Waals surface area contributed by atoms with Crippen molar-refractivity contribution in [2.24, 2.45) is 5.92 Å². The molecule has 3 rings (SSSR count). The van der Waals surface area contributed by atoms with E-state index in [2.05, 4.69) is 12.2 Å². The van der Waals surface area contributed by atoms with Crippen LogP contribution in [0.15, 0.2) is 54.6 Å². The van der Waals surface area contributed by atoms with Crippen molar-refractivity contribution in [3.63, 3.8) is 0 Å². The van der Waals surface area contributed by atoms with Gasteiger partial charge >= 0.3 is 0 Å². The van der Waals surface area contributed by atoms with Crippen LogP contribution < -0.4 is 5.32 Å². The van der Waals surface area contributed by atoms with Crippen LogP contribution in [0, 0.1) is 5.92 Å². The van der Waals surface area contributed by atoms with Crippen LogP contribution in [0.2, 0.25) is 0 Å². The van der Waals surface area contributed by atoms with Crippen molar-refractivity contribution in [3.05, 3.63) is 71.3 Å². The van der Waals surface area contributed by atoms with Gasteiger partial charge in [-0.1, -0.05) is 37.3 Å². The lowest BCUT2D eigenvalue weighted by atomic mass is 9.99. The number of hydrogen-bond donors (Lipinski definition) is 1. The predicted octanol–water partition coefficient (Wildman–Crippen LogP) is 3.49. The van der Waals surface area contributed by atoms with Crippen LogP contribution in [0.5, 0.6) is 0 Å². The molecule has 2 aromatic carbocycles. The molecule has 1 atom stereocenters. The third kappa shape index (κ3) is 4.47. The van der Waals surface area contributed by atoms with Crippen molar-refractivity contribution in [2.75, 3.05) is 13.1 Å². The molecular weight excluding hydrogens is 312 g/mol. The highest BCUT2D eigenvalue weighted by molar-refractivity contribution is 5.97. The van der Waals surface area contributed by atoms with Crippen molar-refractivity contribution in [1.29, 1.82) is 0 Å². The number of rotatable bonds is 4. The molecule has 0 aromatic heterocycles. The van der Waals surface area contributed by atoms with Crippen LogP contribution in [0.1, 0.15) is 46.0 Å². The summed E-state index contributed by atoms with van der Waals surface area (Å²) in [5.41, 5.74) is 2.27. The Morgan fingerprint density at radius 1 is 1.04 bits per heavy atom. The van der Waals surface area contributed by atoms with Gasteiger partial charge in [-0.15, -0.1) is 0 Å². The van der Waals surface area contributed by atoms with Gasteiger partial charge < -0.3 is 10.2 Å². The summed E-state index contributed by atoms with van der Waals surface area (Å²) in [7, 11) is 0. The average molecular weight is 336 g/mol. The summed E-state index contributed by atoms with van der Waals surface area (Å²) in [5, 5.41) is 2.90. The Labute approximate surface area is 148 Å². The van der Waals surface area contributed by atoms with E-state index in [0.29, 0.717) is 23.6 Å². The smallest absolute Gasteiger partial charge is 0.253 e. The van der Waals surface area contributed by atoms with E-state index in [1.54, 1.807) is 24.3 Å². The zero-order valence-corrected chi connectivity index (χ0v) is 14.6. The van der Waals surface area contributed by atoms with Crippen molar-refractivity contribution < 1.29 is 9.59 Å². The Balaban J connectivity index is 1.59. The third-order valence-corrected chi connectivity index (χ3v) is 4.63. The Hall–Kier alpha value is -2.62. The van der Waals surface area contributed by atoms with Crippen LogP contribution in [0.25, 0.3) is 0 Å². The number of nitrogens with one attached hydrogen (secondary N) is 1. The number of hydrogen-bond acceptors (Lipinski definition) is 2. The molecule has 0 radical (unpaired) electrons. The monoisotopic (exact) mass is 336 g/mol. The predicted molar refractivity (Wildman–Crippen MR) is 98.4 cm³/mol. The van der Waals surface area contributed by atoms with Crippen LogP contribution in [0.3, 0.4) is 0 Å². The first-order chi connectivity index (χ1) is 12.1. The van der Waals surface area contributed by atoms with Gasteiger partial charge in [0.05, 0.1) is 0 Å². The lowest BCUT2D eigenvalue weighted by Gasteiger charge is -2.31. The minimum absolute atomic E-state index is 0.0581. The molecule has 1 heterocycles. The van der Waals surface area contributed by atoms with Gasteiger partial charge in [-0.2, -0.15) is 0 Å². The van der Waals surface area contributed by atoms with E-state index >= 15 is 0 Å². The summed E-state index contributed by atoms with van der Waals surface area (Å²) < 4.78 is 0. The maximum atomic E-state index is 12.6. The Morgan fingerprint density at radius 3 is 2.40 bits per heavy atom. The summed E-state index contributed by atoms with van der Waals surface area (Å²) in [6.45, 7) is 4.31. The normalized spacial score (nSPS) is 17.2. The van der Waals surface area contributed by atoms with E-state index in [9.17, 15) is 9.59 Å². The van der Waals surface area contributed by atoms with E-state index in [4.69, 9.17) is 0 Å². The summed E-state index contributed by atoms with van der Waals surface area (Å²) in [5.74, 6) is 0.484. The zero-order chi connectivity index (χ0) is 17.6. The third-order valence-electron chi connectivity index (χ3n) is 4.63. The molecule has 0 bridgehead atoms. The first-order valence-corrected chi connectivity index (χ1v) is 8.85. The fourth-order valence-corrected chi connectivity index (χ4v) is 3.20. The quantitative estimate of drug-likeness (QED) is 0.929. The molecule has 1 aliphatic rings. The fourth-order valence-electron chi connectivity index (χ4n) is 3.20. The maximum absolute atomic E-state index is 12.6. The highest BCUT2D eigenvalue weighted by Gasteiger charge is 2.22. The van der Waals surface area contributed by atoms with Crippen molar-refractivity contribution in [3.8, 4) is 0 Å².